The maximum absolute atomic E-state index is 12.2. The van der Waals surface area contributed by atoms with E-state index in [9.17, 15) is 14.1 Å². The molecule has 0 amide bonds. The Balaban J connectivity index is 2.96. The van der Waals surface area contributed by atoms with Crippen LogP contribution in [0.2, 0.25) is 0 Å². The van der Waals surface area contributed by atoms with E-state index in [2.05, 4.69) is 0 Å². The van der Waals surface area contributed by atoms with Crippen LogP contribution in [-0.2, 0) is 20.3 Å². The summed E-state index contributed by atoms with van der Waals surface area (Å²) >= 11 is 1.49. The number of hydrogen-bond acceptors (Lipinski definition) is 5. The number of esters is 1. The van der Waals surface area contributed by atoms with E-state index < -0.39 is 32.4 Å². The van der Waals surface area contributed by atoms with Crippen molar-refractivity contribution in [2.45, 2.75) is 43.8 Å². The van der Waals surface area contributed by atoms with Gasteiger partial charge in [0.15, 0.2) is 0 Å². The summed E-state index contributed by atoms with van der Waals surface area (Å²) in [5.74, 6) is 0.298. The molecule has 0 bridgehead atoms. The number of carbonyl (C=O) groups excluding carboxylic acids is 1. The first-order chi connectivity index (χ1) is 8.27. The summed E-state index contributed by atoms with van der Waals surface area (Å²) in [6.45, 7) is 7.02. The SMILES string of the molecule is CCOC(=O)[C@@H](C)[C@@](C)(O)[C@@]1(C)SCCC[S@]1=O. The minimum atomic E-state index is -1.35. The molecule has 0 aromatic carbocycles. The van der Waals surface area contributed by atoms with Gasteiger partial charge in [-0.05, 0) is 39.9 Å². The fourth-order valence-corrected chi connectivity index (χ4v) is 5.77. The Kier molecular flexibility index (Phi) is 5.26. The van der Waals surface area contributed by atoms with Gasteiger partial charge in [-0.1, -0.05) is 0 Å². The first-order valence-electron chi connectivity index (χ1n) is 6.18. The molecule has 1 saturated heterocycles. The zero-order valence-corrected chi connectivity index (χ0v) is 13.0. The highest BCUT2D eigenvalue weighted by atomic mass is 32.2. The van der Waals surface area contributed by atoms with Gasteiger partial charge in [-0.3, -0.25) is 9.00 Å². The zero-order chi connectivity index (χ0) is 14.0. The van der Waals surface area contributed by atoms with Crippen molar-refractivity contribution in [1.82, 2.24) is 0 Å². The molecule has 0 saturated carbocycles. The summed E-state index contributed by atoms with van der Waals surface area (Å²) in [5, 5.41) is 10.7. The summed E-state index contributed by atoms with van der Waals surface area (Å²) < 4.78 is 16.4. The molecule has 1 aliphatic rings. The van der Waals surface area contributed by atoms with Gasteiger partial charge < -0.3 is 9.84 Å². The van der Waals surface area contributed by atoms with E-state index in [0.29, 0.717) is 5.75 Å². The van der Waals surface area contributed by atoms with E-state index in [4.69, 9.17) is 4.74 Å². The van der Waals surface area contributed by atoms with Crippen LogP contribution in [0.5, 0.6) is 0 Å². The second-order valence-electron chi connectivity index (χ2n) is 4.82. The van der Waals surface area contributed by atoms with Gasteiger partial charge in [0.05, 0.1) is 12.5 Å². The maximum atomic E-state index is 12.2. The van der Waals surface area contributed by atoms with Crippen molar-refractivity contribution in [2.75, 3.05) is 18.1 Å². The van der Waals surface area contributed by atoms with Crippen molar-refractivity contribution in [3.8, 4) is 0 Å². The minimum Gasteiger partial charge on any atom is -0.466 e. The van der Waals surface area contributed by atoms with Gasteiger partial charge in [-0.2, -0.15) is 0 Å². The Bertz CT molecular complexity index is 343. The number of rotatable bonds is 4. The molecule has 1 N–H and O–H groups in total. The van der Waals surface area contributed by atoms with E-state index in [1.54, 1.807) is 27.7 Å². The summed E-state index contributed by atoms with van der Waals surface area (Å²) in [5.41, 5.74) is -1.35. The second kappa shape index (κ2) is 5.92. The van der Waals surface area contributed by atoms with Crippen LogP contribution in [0.25, 0.3) is 0 Å². The summed E-state index contributed by atoms with van der Waals surface area (Å²) in [4.78, 5) is 11.8. The molecule has 0 spiro atoms. The molecule has 0 radical (unpaired) electrons. The Morgan fingerprint density at radius 1 is 1.67 bits per heavy atom. The summed E-state index contributed by atoms with van der Waals surface area (Å²) in [7, 11) is -1.15. The van der Waals surface area contributed by atoms with Crippen molar-refractivity contribution >= 4 is 28.5 Å². The average Bonchev–Trinajstić information content (AvgIpc) is 2.32. The van der Waals surface area contributed by atoms with Crippen LogP contribution in [0.4, 0.5) is 0 Å². The monoisotopic (exact) mass is 294 g/mol. The van der Waals surface area contributed by atoms with E-state index in [1.165, 1.54) is 11.8 Å². The molecule has 1 rings (SSSR count). The molecule has 0 aromatic rings. The summed E-state index contributed by atoms with van der Waals surface area (Å²) in [6, 6.07) is 0. The molecule has 4 atom stereocenters. The lowest BCUT2D eigenvalue weighted by Gasteiger charge is -2.45. The smallest absolute Gasteiger partial charge is 0.311 e. The Hall–Kier alpha value is -0.0700. The Morgan fingerprint density at radius 3 is 2.78 bits per heavy atom. The molecule has 0 aliphatic carbocycles. The highest BCUT2D eigenvalue weighted by molar-refractivity contribution is 8.13. The molecule has 1 fully saturated rings. The zero-order valence-electron chi connectivity index (χ0n) is 11.4. The van der Waals surface area contributed by atoms with Gasteiger partial charge >= 0.3 is 5.97 Å². The van der Waals surface area contributed by atoms with Crippen LogP contribution in [-0.4, -0.2) is 43.1 Å². The number of ether oxygens (including phenoxy) is 1. The lowest BCUT2D eigenvalue weighted by Crippen LogP contribution is -2.58. The van der Waals surface area contributed by atoms with Gasteiger partial charge in [0.1, 0.15) is 9.68 Å². The van der Waals surface area contributed by atoms with E-state index in [-0.39, 0.29) is 6.61 Å². The van der Waals surface area contributed by atoms with E-state index in [1.807, 2.05) is 0 Å². The normalized spacial score (nSPS) is 33.5. The van der Waals surface area contributed by atoms with Crippen molar-refractivity contribution in [3.63, 3.8) is 0 Å². The van der Waals surface area contributed by atoms with Crippen molar-refractivity contribution in [3.05, 3.63) is 0 Å². The molecule has 6 heteroatoms. The van der Waals surface area contributed by atoms with Gasteiger partial charge in [0.25, 0.3) is 0 Å². The largest absolute Gasteiger partial charge is 0.466 e. The van der Waals surface area contributed by atoms with Crippen LogP contribution in [0.3, 0.4) is 0 Å². The number of thioether (sulfide) groups is 1. The first kappa shape index (κ1) is 16.0. The van der Waals surface area contributed by atoms with E-state index in [0.717, 1.165) is 12.2 Å². The summed E-state index contributed by atoms with van der Waals surface area (Å²) in [6.07, 6.45) is 0.886. The molecular weight excluding hydrogens is 272 g/mol. The number of carbonyl (C=O) groups is 1. The molecule has 1 heterocycles. The predicted octanol–water partition coefficient (Wildman–Crippen LogP) is 1.54. The Labute approximate surface area is 115 Å². The van der Waals surface area contributed by atoms with Gasteiger partial charge in [0, 0.05) is 16.6 Å². The molecule has 4 nitrogen and oxygen atoms in total. The van der Waals surface area contributed by atoms with Crippen LogP contribution in [0, 0.1) is 5.92 Å². The molecule has 0 unspecified atom stereocenters. The lowest BCUT2D eigenvalue weighted by molar-refractivity contribution is -0.156. The van der Waals surface area contributed by atoms with Gasteiger partial charge in [-0.15, -0.1) is 11.8 Å². The number of aliphatic hydroxyl groups is 1. The van der Waals surface area contributed by atoms with Gasteiger partial charge in [-0.25, -0.2) is 0 Å². The highest BCUT2D eigenvalue weighted by Crippen LogP contribution is 2.46. The van der Waals surface area contributed by atoms with Crippen LogP contribution < -0.4 is 0 Å². The molecule has 1 aliphatic heterocycles. The molecular formula is C12H22O4S2. The quantitative estimate of drug-likeness (QED) is 0.797. The third-order valence-corrected chi connectivity index (χ3v) is 8.00. The highest BCUT2D eigenvalue weighted by Gasteiger charge is 2.54. The van der Waals surface area contributed by atoms with Gasteiger partial charge in [0.2, 0.25) is 0 Å². The third kappa shape index (κ3) is 2.75. The fraction of sp³-hybridized carbons (Fsp3) is 0.917. The van der Waals surface area contributed by atoms with E-state index >= 15 is 0 Å². The third-order valence-electron chi connectivity index (χ3n) is 3.69. The predicted molar refractivity (Wildman–Crippen MR) is 74.9 cm³/mol. The van der Waals surface area contributed by atoms with Crippen molar-refractivity contribution in [2.24, 2.45) is 5.92 Å². The van der Waals surface area contributed by atoms with Crippen molar-refractivity contribution in [1.29, 1.82) is 0 Å². The Morgan fingerprint density at radius 2 is 2.28 bits per heavy atom. The van der Waals surface area contributed by atoms with Crippen LogP contribution in [0.1, 0.15) is 34.1 Å². The number of hydrogen-bond donors (Lipinski definition) is 1. The fourth-order valence-electron chi connectivity index (χ4n) is 1.98. The molecule has 0 aromatic heterocycles. The van der Waals surface area contributed by atoms with Crippen LogP contribution in [0.15, 0.2) is 0 Å². The van der Waals surface area contributed by atoms with Crippen LogP contribution >= 0.6 is 11.8 Å². The minimum absolute atomic E-state index is 0.284. The first-order valence-corrected chi connectivity index (χ1v) is 8.49. The average molecular weight is 294 g/mol. The lowest BCUT2D eigenvalue weighted by atomic mass is 9.87. The standard InChI is InChI=1S/C12H22O4S2/c1-5-16-10(13)9(2)11(3,14)12(4)17-7-6-8-18(12)15/h9,14H,5-8H2,1-4H3/t9-,11-,12+,18-/m1/s1. The maximum Gasteiger partial charge on any atom is 0.311 e. The topological polar surface area (TPSA) is 63.6 Å². The molecule has 106 valence electrons. The molecule has 18 heavy (non-hydrogen) atoms. The van der Waals surface area contributed by atoms with Crippen molar-refractivity contribution < 1.29 is 18.8 Å². The second-order valence-corrected chi connectivity index (χ2v) is 8.51.